The van der Waals surface area contributed by atoms with Gasteiger partial charge in [-0.2, -0.15) is 0 Å². The summed E-state index contributed by atoms with van der Waals surface area (Å²) in [7, 11) is 0. The van der Waals surface area contributed by atoms with E-state index in [1.807, 2.05) is 0 Å². The van der Waals surface area contributed by atoms with Crippen LogP contribution >= 0.6 is 0 Å². The summed E-state index contributed by atoms with van der Waals surface area (Å²) in [5.74, 6) is -1.62. The van der Waals surface area contributed by atoms with Gasteiger partial charge in [-0.3, -0.25) is 14.9 Å². The van der Waals surface area contributed by atoms with E-state index in [0.29, 0.717) is 13.0 Å². The minimum atomic E-state index is -1.10. The molecule has 1 fully saturated rings. The highest BCUT2D eigenvalue weighted by Crippen LogP contribution is 2.34. The molecular weight excluding hydrogens is 255 g/mol. The van der Waals surface area contributed by atoms with Gasteiger partial charge in [0, 0.05) is 18.2 Å². The van der Waals surface area contributed by atoms with E-state index in [1.54, 1.807) is 0 Å². The Morgan fingerprint density at radius 2 is 2.32 bits per heavy atom. The smallest absolute Gasteiger partial charge is 0.311 e. The second-order valence-electron chi connectivity index (χ2n) is 4.72. The lowest BCUT2D eigenvalue weighted by molar-refractivity contribution is -0.385. The van der Waals surface area contributed by atoms with Crippen LogP contribution in [0.1, 0.15) is 12.0 Å². The second-order valence-corrected chi connectivity index (χ2v) is 4.72. The van der Waals surface area contributed by atoms with E-state index in [9.17, 15) is 24.4 Å². The summed E-state index contributed by atoms with van der Waals surface area (Å²) in [5.41, 5.74) is -1.22. The van der Waals surface area contributed by atoms with Gasteiger partial charge in [0.15, 0.2) is 0 Å². The Hall–Kier alpha value is -2.02. The van der Waals surface area contributed by atoms with Crippen molar-refractivity contribution >= 4 is 11.7 Å². The van der Waals surface area contributed by atoms with Crippen molar-refractivity contribution in [1.29, 1.82) is 0 Å². The number of aliphatic carboxylic acids is 1. The molecule has 7 heteroatoms. The molecule has 0 aliphatic carbocycles. The Labute approximate surface area is 108 Å². The fraction of sp³-hybridized carbons (Fsp3) is 0.417. The molecule has 1 unspecified atom stereocenters. The second kappa shape index (κ2) is 4.93. The van der Waals surface area contributed by atoms with Crippen LogP contribution in [-0.4, -0.2) is 29.1 Å². The number of nitrogens with zero attached hydrogens (tertiary/aromatic N) is 1. The summed E-state index contributed by atoms with van der Waals surface area (Å²) in [6.45, 7) is 0.769. The maximum atomic E-state index is 13.2. The Morgan fingerprint density at radius 3 is 2.84 bits per heavy atom. The van der Waals surface area contributed by atoms with Crippen molar-refractivity contribution in [3.8, 4) is 0 Å². The first-order valence-corrected chi connectivity index (χ1v) is 5.81. The highest BCUT2D eigenvalue weighted by Gasteiger charge is 2.42. The van der Waals surface area contributed by atoms with Crippen LogP contribution in [-0.2, 0) is 11.2 Å². The van der Waals surface area contributed by atoms with Crippen molar-refractivity contribution in [2.75, 3.05) is 13.1 Å². The van der Waals surface area contributed by atoms with Crippen LogP contribution in [0.25, 0.3) is 0 Å². The maximum Gasteiger partial charge on any atom is 0.311 e. The molecule has 0 bridgehead atoms. The zero-order valence-electron chi connectivity index (χ0n) is 10.1. The molecule has 6 nitrogen and oxygen atoms in total. The summed E-state index contributed by atoms with van der Waals surface area (Å²) in [4.78, 5) is 21.7. The monoisotopic (exact) mass is 268 g/mol. The Morgan fingerprint density at radius 1 is 1.58 bits per heavy atom. The molecule has 1 aliphatic rings. The SMILES string of the molecule is O=C(O)C1(Cc2cc(F)ccc2[N+](=O)[O-])CCNC1. The van der Waals surface area contributed by atoms with Crippen molar-refractivity contribution < 1.29 is 19.2 Å². The van der Waals surface area contributed by atoms with Crippen LogP contribution in [0, 0.1) is 21.3 Å². The van der Waals surface area contributed by atoms with Crippen molar-refractivity contribution in [3.05, 3.63) is 39.7 Å². The molecule has 1 aromatic carbocycles. The molecule has 1 atom stereocenters. The first-order valence-electron chi connectivity index (χ1n) is 5.81. The topological polar surface area (TPSA) is 92.5 Å². The molecule has 1 saturated heterocycles. The van der Waals surface area contributed by atoms with Gasteiger partial charge in [-0.15, -0.1) is 0 Å². The van der Waals surface area contributed by atoms with E-state index in [1.165, 1.54) is 0 Å². The Balaban J connectivity index is 2.39. The number of benzene rings is 1. The summed E-state index contributed by atoms with van der Waals surface area (Å²) >= 11 is 0. The van der Waals surface area contributed by atoms with E-state index >= 15 is 0 Å². The lowest BCUT2D eigenvalue weighted by Gasteiger charge is -2.22. The zero-order chi connectivity index (χ0) is 14.0. The highest BCUT2D eigenvalue weighted by molar-refractivity contribution is 5.76. The van der Waals surface area contributed by atoms with Gasteiger partial charge >= 0.3 is 5.97 Å². The minimum absolute atomic E-state index is 0.0522. The van der Waals surface area contributed by atoms with Gasteiger partial charge in [0.25, 0.3) is 5.69 Å². The average Bonchev–Trinajstić information content (AvgIpc) is 2.78. The van der Waals surface area contributed by atoms with E-state index in [4.69, 9.17) is 0 Å². The van der Waals surface area contributed by atoms with Gasteiger partial charge in [0.05, 0.1) is 10.3 Å². The van der Waals surface area contributed by atoms with Gasteiger partial charge < -0.3 is 10.4 Å². The zero-order valence-corrected chi connectivity index (χ0v) is 10.1. The Kier molecular flexibility index (Phi) is 3.48. The van der Waals surface area contributed by atoms with Gasteiger partial charge in [-0.25, -0.2) is 4.39 Å². The first kappa shape index (κ1) is 13.4. The minimum Gasteiger partial charge on any atom is -0.481 e. The van der Waals surface area contributed by atoms with E-state index in [-0.39, 0.29) is 24.2 Å². The molecule has 2 rings (SSSR count). The fourth-order valence-corrected chi connectivity index (χ4v) is 2.39. The van der Waals surface area contributed by atoms with Gasteiger partial charge in [0.2, 0.25) is 0 Å². The largest absolute Gasteiger partial charge is 0.481 e. The molecule has 1 aliphatic heterocycles. The molecule has 0 spiro atoms. The normalized spacial score (nSPS) is 22.4. The van der Waals surface area contributed by atoms with Crippen LogP contribution in [0.2, 0.25) is 0 Å². The van der Waals surface area contributed by atoms with Crippen molar-refractivity contribution in [2.24, 2.45) is 5.41 Å². The number of rotatable bonds is 4. The van der Waals surface area contributed by atoms with Gasteiger partial charge in [-0.05, 0) is 31.5 Å². The van der Waals surface area contributed by atoms with Crippen molar-refractivity contribution in [1.82, 2.24) is 5.32 Å². The van der Waals surface area contributed by atoms with Crippen LogP contribution in [0.4, 0.5) is 10.1 Å². The van der Waals surface area contributed by atoms with E-state index in [2.05, 4.69) is 5.32 Å². The molecular formula is C12H13FN2O4. The quantitative estimate of drug-likeness (QED) is 0.635. The molecule has 0 radical (unpaired) electrons. The Bertz CT molecular complexity index is 526. The van der Waals surface area contributed by atoms with Gasteiger partial charge in [-0.1, -0.05) is 0 Å². The predicted molar refractivity (Wildman–Crippen MR) is 64.3 cm³/mol. The van der Waals surface area contributed by atoms with Gasteiger partial charge in [0.1, 0.15) is 5.82 Å². The molecule has 19 heavy (non-hydrogen) atoms. The van der Waals surface area contributed by atoms with E-state index < -0.39 is 22.1 Å². The molecule has 1 heterocycles. The number of hydrogen-bond donors (Lipinski definition) is 2. The fourth-order valence-electron chi connectivity index (χ4n) is 2.39. The molecule has 0 amide bonds. The number of halogens is 1. The number of carboxylic acid groups (broad SMARTS) is 1. The summed E-state index contributed by atoms with van der Waals surface area (Å²) in [6.07, 6.45) is 0.319. The summed E-state index contributed by atoms with van der Waals surface area (Å²) in [6, 6.07) is 3.12. The van der Waals surface area contributed by atoms with Crippen LogP contribution in [0.3, 0.4) is 0 Å². The first-order chi connectivity index (χ1) is 8.94. The number of carbonyl (C=O) groups is 1. The van der Waals surface area contributed by atoms with Crippen LogP contribution in [0.15, 0.2) is 18.2 Å². The molecule has 0 saturated carbocycles. The lowest BCUT2D eigenvalue weighted by atomic mass is 9.80. The molecule has 0 aromatic heterocycles. The third-order valence-electron chi connectivity index (χ3n) is 3.46. The van der Waals surface area contributed by atoms with Crippen molar-refractivity contribution in [3.63, 3.8) is 0 Å². The molecule has 102 valence electrons. The number of nitro groups is 1. The van der Waals surface area contributed by atoms with Crippen LogP contribution < -0.4 is 5.32 Å². The lowest BCUT2D eigenvalue weighted by Crippen LogP contribution is -2.35. The van der Waals surface area contributed by atoms with E-state index in [0.717, 1.165) is 18.2 Å². The highest BCUT2D eigenvalue weighted by atomic mass is 19.1. The third-order valence-corrected chi connectivity index (χ3v) is 3.46. The predicted octanol–water partition coefficient (Wildman–Crippen LogP) is 1.34. The number of nitrogens with one attached hydrogen (secondary N) is 1. The third kappa shape index (κ3) is 2.55. The number of hydrogen-bond acceptors (Lipinski definition) is 4. The van der Waals surface area contributed by atoms with Crippen LogP contribution in [0.5, 0.6) is 0 Å². The number of carboxylic acids is 1. The maximum absolute atomic E-state index is 13.2. The standard InChI is InChI=1S/C12H13FN2O4/c13-9-1-2-10(15(18)19)8(5-9)6-12(11(16)17)3-4-14-7-12/h1-2,5,14H,3-4,6-7H2,(H,16,17). The average molecular weight is 268 g/mol. The summed E-state index contributed by atoms with van der Waals surface area (Å²) < 4.78 is 13.2. The summed E-state index contributed by atoms with van der Waals surface area (Å²) in [5, 5.41) is 23.2. The van der Waals surface area contributed by atoms with Crippen molar-refractivity contribution in [2.45, 2.75) is 12.8 Å². The molecule has 2 N–H and O–H groups in total. The number of nitro benzene ring substituents is 1. The molecule has 1 aromatic rings.